The second-order valence-corrected chi connectivity index (χ2v) is 7.95. The first kappa shape index (κ1) is 18.6. The summed E-state index contributed by atoms with van der Waals surface area (Å²) in [4.78, 5) is 12.7. The highest BCUT2D eigenvalue weighted by Gasteiger charge is 2.23. The molecule has 1 heterocycles. The molecular weight excluding hydrogens is 394 g/mol. The van der Waals surface area contributed by atoms with Gasteiger partial charge in [-0.2, -0.15) is 5.10 Å². The molecule has 0 saturated carbocycles. The van der Waals surface area contributed by atoms with Crippen LogP contribution >= 0.6 is 11.6 Å². The van der Waals surface area contributed by atoms with Gasteiger partial charge in [-0.1, -0.05) is 60.1 Å². The lowest BCUT2D eigenvalue weighted by atomic mass is 10.1. The number of benzene rings is 3. The summed E-state index contributed by atoms with van der Waals surface area (Å²) in [5.41, 5.74) is 6.93. The van der Waals surface area contributed by atoms with Crippen molar-refractivity contribution in [2.24, 2.45) is 0 Å². The summed E-state index contributed by atoms with van der Waals surface area (Å²) in [5.74, 6) is -0.0489. The maximum absolute atomic E-state index is 12.7. The topological polar surface area (TPSA) is 57.8 Å². The van der Waals surface area contributed by atoms with Gasteiger partial charge in [-0.15, -0.1) is 0 Å². The molecule has 0 spiro atoms. The molecule has 4 aromatic rings. The minimum absolute atomic E-state index is 0.0489. The molecule has 3 aromatic carbocycles. The SMILES string of the molecule is O=C(NC1CCc2ccccc21)c1ccc(-c2cc(-c3ccc(Cl)cc3)[nH]n2)cc1. The number of carbonyl (C=O) groups is 1. The second kappa shape index (κ2) is 7.81. The average Bonchev–Trinajstić information content (AvgIpc) is 3.42. The van der Waals surface area contributed by atoms with Crippen molar-refractivity contribution in [3.63, 3.8) is 0 Å². The van der Waals surface area contributed by atoms with Crippen molar-refractivity contribution < 1.29 is 4.79 Å². The fourth-order valence-electron chi connectivity index (χ4n) is 3.99. The lowest BCUT2D eigenvalue weighted by Crippen LogP contribution is -2.27. The highest BCUT2D eigenvalue weighted by molar-refractivity contribution is 6.30. The van der Waals surface area contributed by atoms with E-state index in [4.69, 9.17) is 11.6 Å². The smallest absolute Gasteiger partial charge is 0.251 e. The zero-order valence-corrected chi connectivity index (χ0v) is 17.0. The van der Waals surface area contributed by atoms with Gasteiger partial charge in [-0.05, 0) is 59.9 Å². The Morgan fingerprint density at radius 2 is 1.70 bits per heavy atom. The number of fused-ring (bicyclic) bond motifs is 1. The molecule has 0 saturated heterocycles. The quantitative estimate of drug-likeness (QED) is 0.443. The Balaban J connectivity index is 1.30. The molecule has 0 bridgehead atoms. The van der Waals surface area contributed by atoms with Gasteiger partial charge in [-0.3, -0.25) is 9.89 Å². The fraction of sp³-hybridized carbons (Fsp3) is 0.120. The van der Waals surface area contributed by atoms with Gasteiger partial charge in [0.05, 0.1) is 17.4 Å². The minimum atomic E-state index is -0.0489. The van der Waals surface area contributed by atoms with Crippen LogP contribution in [0.4, 0.5) is 0 Å². The number of hydrogen-bond acceptors (Lipinski definition) is 2. The van der Waals surface area contributed by atoms with Gasteiger partial charge in [0.2, 0.25) is 0 Å². The molecule has 1 aliphatic rings. The van der Waals surface area contributed by atoms with Gasteiger partial charge in [0, 0.05) is 16.1 Å². The van der Waals surface area contributed by atoms with Crippen LogP contribution in [0.25, 0.3) is 22.5 Å². The monoisotopic (exact) mass is 413 g/mol. The number of aromatic nitrogens is 2. The zero-order chi connectivity index (χ0) is 20.5. The van der Waals surface area contributed by atoms with Crippen LogP contribution in [0.1, 0.15) is 33.9 Å². The first-order valence-electron chi connectivity index (χ1n) is 9.98. The van der Waals surface area contributed by atoms with Gasteiger partial charge in [0.1, 0.15) is 0 Å². The molecule has 148 valence electrons. The molecule has 0 radical (unpaired) electrons. The molecule has 1 atom stereocenters. The van der Waals surface area contributed by atoms with Gasteiger partial charge < -0.3 is 5.32 Å². The predicted molar refractivity (Wildman–Crippen MR) is 119 cm³/mol. The van der Waals surface area contributed by atoms with Crippen LogP contribution in [-0.2, 0) is 6.42 Å². The molecule has 0 fully saturated rings. The van der Waals surface area contributed by atoms with Crippen molar-refractivity contribution in [1.82, 2.24) is 15.5 Å². The van der Waals surface area contributed by atoms with Gasteiger partial charge in [0.15, 0.2) is 0 Å². The molecule has 1 amide bonds. The van der Waals surface area contributed by atoms with Crippen LogP contribution in [0.15, 0.2) is 78.9 Å². The van der Waals surface area contributed by atoms with Crippen molar-refractivity contribution in [2.75, 3.05) is 0 Å². The Bertz CT molecular complexity index is 1200. The van der Waals surface area contributed by atoms with Crippen molar-refractivity contribution in [3.8, 4) is 22.5 Å². The molecule has 1 aliphatic carbocycles. The molecule has 5 rings (SSSR count). The van der Waals surface area contributed by atoms with E-state index in [1.165, 1.54) is 11.1 Å². The number of rotatable bonds is 4. The van der Waals surface area contributed by atoms with Crippen molar-refractivity contribution >= 4 is 17.5 Å². The highest BCUT2D eigenvalue weighted by Crippen LogP contribution is 2.31. The normalized spacial score (nSPS) is 15.0. The number of nitrogens with one attached hydrogen (secondary N) is 2. The Morgan fingerprint density at radius 1 is 0.967 bits per heavy atom. The standard InChI is InChI=1S/C25H20ClN3O/c26-20-12-9-18(10-13-20)24-15-23(28-29-24)17-5-7-19(8-6-17)25(30)27-22-14-11-16-3-1-2-4-21(16)22/h1-10,12-13,15,22H,11,14H2,(H,27,30)(H,28,29). The predicted octanol–water partition coefficient (Wildman–Crippen LogP) is 5.81. The first-order chi connectivity index (χ1) is 14.7. The van der Waals surface area contributed by atoms with Crippen molar-refractivity contribution in [2.45, 2.75) is 18.9 Å². The van der Waals surface area contributed by atoms with Crippen LogP contribution in [0.3, 0.4) is 0 Å². The van der Waals surface area contributed by atoms with E-state index in [-0.39, 0.29) is 11.9 Å². The number of aryl methyl sites for hydroxylation is 1. The van der Waals surface area contributed by atoms with E-state index in [0.717, 1.165) is 35.4 Å². The summed E-state index contributed by atoms with van der Waals surface area (Å²) >= 11 is 5.96. The molecule has 2 N–H and O–H groups in total. The fourth-order valence-corrected chi connectivity index (χ4v) is 4.11. The Morgan fingerprint density at radius 3 is 2.50 bits per heavy atom. The largest absolute Gasteiger partial charge is 0.345 e. The number of H-pyrrole nitrogens is 1. The maximum Gasteiger partial charge on any atom is 0.251 e. The second-order valence-electron chi connectivity index (χ2n) is 7.51. The number of carbonyl (C=O) groups excluding carboxylic acids is 1. The van der Waals surface area contributed by atoms with E-state index in [2.05, 4.69) is 33.7 Å². The zero-order valence-electron chi connectivity index (χ0n) is 16.2. The van der Waals surface area contributed by atoms with Crippen LogP contribution < -0.4 is 5.32 Å². The summed E-state index contributed by atoms with van der Waals surface area (Å²) in [6.07, 6.45) is 1.96. The first-order valence-corrected chi connectivity index (χ1v) is 10.4. The van der Waals surface area contributed by atoms with Crippen molar-refractivity contribution in [3.05, 3.63) is 101 Å². The van der Waals surface area contributed by atoms with Crippen LogP contribution in [0.2, 0.25) is 5.02 Å². The third-order valence-corrected chi connectivity index (χ3v) is 5.87. The number of halogens is 1. The van der Waals surface area contributed by atoms with Crippen molar-refractivity contribution in [1.29, 1.82) is 0 Å². The van der Waals surface area contributed by atoms with E-state index in [9.17, 15) is 4.79 Å². The number of nitrogens with zero attached hydrogens (tertiary/aromatic N) is 1. The lowest BCUT2D eigenvalue weighted by molar-refractivity contribution is 0.0936. The molecule has 1 unspecified atom stereocenters. The Hall–Kier alpha value is -3.37. The minimum Gasteiger partial charge on any atom is -0.345 e. The molecular formula is C25H20ClN3O. The summed E-state index contributed by atoms with van der Waals surface area (Å²) in [5, 5.41) is 11.3. The summed E-state index contributed by atoms with van der Waals surface area (Å²) in [7, 11) is 0. The van der Waals surface area contributed by atoms with E-state index in [1.54, 1.807) is 0 Å². The van der Waals surface area contributed by atoms with Gasteiger partial charge >= 0.3 is 0 Å². The molecule has 5 heteroatoms. The van der Waals surface area contributed by atoms with E-state index >= 15 is 0 Å². The molecule has 30 heavy (non-hydrogen) atoms. The van der Waals surface area contributed by atoms with E-state index < -0.39 is 0 Å². The summed E-state index contributed by atoms with van der Waals surface area (Å²) in [6.45, 7) is 0. The third kappa shape index (κ3) is 3.62. The number of hydrogen-bond donors (Lipinski definition) is 2. The summed E-state index contributed by atoms with van der Waals surface area (Å²) < 4.78 is 0. The van der Waals surface area contributed by atoms with Crippen LogP contribution in [0.5, 0.6) is 0 Å². The Kier molecular flexibility index (Phi) is 4.85. The van der Waals surface area contributed by atoms with E-state index in [0.29, 0.717) is 10.6 Å². The van der Waals surface area contributed by atoms with Crippen LogP contribution in [0, 0.1) is 0 Å². The van der Waals surface area contributed by atoms with Gasteiger partial charge in [0.25, 0.3) is 5.91 Å². The molecule has 4 nitrogen and oxygen atoms in total. The number of amides is 1. The van der Waals surface area contributed by atoms with Crippen LogP contribution in [-0.4, -0.2) is 16.1 Å². The van der Waals surface area contributed by atoms with Gasteiger partial charge in [-0.25, -0.2) is 0 Å². The van der Waals surface area contributed by atoms with E-state index in [1.807, 2.05) is 60.7 Å². The lowest BCUT2D eigenvalue weighted by Gasteiger charge is -2.14. The molecule has 0 aliphatic heterocycles. The number of aromatic amines is 1. The summed E-state index contributed by atoms with van der Waals surface area (Å²) in [6, 6.07) is 25.6. The Labute approximate surface area is 179 Å². The molecule has 1 aromatic heterocycles. The highest BCUT2D eigenvalue weighted by atomic mass is 35.5. The third-order valence-electron chi connectivity index (χ3n) is 5.61. The average molecular weight is 414 g/mol. The maximum atomic E-state index is 12.7.